The summed E-state index contributed by atoms with van der Waals surface area (Å²) in [5, 5.41) is 17.4. The predicted molar refractivity (Wildman–Crippen MR) is 128 cm³/mol. The minimum absolute atomic E-state index is 0.000663. The fourth-order valence-corrected chi connectivity index (χ4v) is 4.84. The lowest BCUT2D eigenvalue weighted by Crippen LogP contribution is -2.34. The number of amides is 1. The second kappa shape index (κ2) is 11.0. The van der Waals surface area contributed by atoms with Gasteiger partial charge in [-0.25, -0.2) is 14.5 Å². The van der Waals surface area contributed by atoms with Crippen LogP contribution in [0, 0.1) is 11.8 Å². The van der Waals surface area contributed by atoms with Crippen molar-refractivity contribution in [2.24, 2.45) is 18.9 Å². The molecule has 4 rings (SSSR count). The van der Waals surface area contributed by atoms with Crippen LogP contribution in [-0.2, 0) is 29.6 Å². The molecule has 2 aromatic rings. The summed E-state index contributed by atoms with van der Waals surface area (Å²) in [6.07, 6.45) is 6.53. The molecule has 2 aromatic heterocycles. The van der Waals surface area contributed by atoms with Gasteiger partial charge in [-0.1, -0.05) is 18.6 Å². The maximum Gasteiger partial charge on any atom is 0.409 e. The monoisotopic (exact) mass is 485 g/mol. The Labute approximate surface area is 205 Å². The maximum absolute atomic E-state index is 12.5. The second-order valence-corrected chi connectivity index (χ2v) is 9.75. The summed E-state index contributed by atoms with van der Waals surface area (Å²) in [7, 11) is 3.54. The number of rotatable bonds is 10. The molecule has 2 saturated carbocycles. The third-order valence-corrected chi connectivity index (χ3v) is 7.10. The number of carbonyl (C=O) groups is 2. The third kappa shape index (κ3) is 6.10. The van der Waals surface area contributed by atoms with E-state index in [-0.39, 0.29) is 31.1 Å². The van der Waals surface area contributed by atoms with Crippen molar-refractivity contribution in [1.82, 2.24) is 24.9 Å². The van der Waals surface area contributed by atoms with Crippen LogP contribution in [0.25, 0.3) is 11.4 Å². The largest absolute Gasteiger partial charge is 0.489 e. The topological polar surface area (TPSA) is 120 Å². The van der Waals surface area contributed by atoms with Gasteiger partial charge in [0.2, 0.25) is 0 Å². The van der Waals surface area contributed by atoms with Gasteiger partial charge >= 0.3 is 12.1 Å². The molecule has 0 spiro atoms. The summed E-state index contributed by atoms with van der Waals surface area (Å²) < 4.78 is 13.4. The number of hydrogen-bond acceptors (Lipinski definition) is 7. The van der Waals surface area contributed by atoms with E-state index >= 15 is 0 Å². The molecule has 2 fully saturated rings. The van der Waals surface area contributed by atoms with E-state index < -0.39 is 5.97 Å². The molecule has 1 amide bonds. The fourth-order valence-electron chi connectivity index (χ4n) is 4.84. The molecule has 0 saturated heterocycles. The first-order chi connectivity index (χ1) is 16.8. The Bertz CT molecular complexity index is 1050. The second-order valence-electron chi connectivity index (χ2n) is 9.75. The predicted octanol–water partition coefficient (Wildman–Crippen LogP) is 3.83. The number of pyridine rings is 1. The van der Waals surface area contributed by atoms with Gasteiger partial charge in [-0.3, -0.25) is 4.79 Å². The van der Waals surface area contributed by atoms with Gasteiger partial charge in [0.25, 0.3) is 0 Å². The molecular weight excluding hydrogens is 450 g/mol. The van der Waals surface area contributed by atoms with Gasteiger partial charge in [-0.15, -0.1) is 5.10 Å². The first-order valence-corrected chi connectivity index (χ1v) is 12.5. The van der Waals surface area contributed by atoms with Gasteiger partial charge in [0.1, 0.15) is 23.7 Å². The Morgan fingerprint density at radius 3 is 2.69 bits per heavy atom. The molecule has 0 aliphatic heterocycles. The molecule has 2 aliphatic carbocycles. The molecule has 2 heterocycles. The number of hydrogen-bond donors (Lipinski definition) is 1. The van der Waals surface area contributed by atoms with Crippen molar-refractivity contribution in [3.05, 3.63) is 23.5 Å². The van der Waals surface area contributed by atoms with E-state index in [1.165, 1.54) is 19.3 Å². The lowest BCUT2D eigenvalue weighted by atomic mass is 9.85. The quantitative estimate of drug-likeness (QED) is 0.539. The van der Waals surface area contributed by atoms with Crippen molar-refractivity contribution < 1.29 is 24.2 Å². The van der Waals surface area contributed by atoms with Gasteiger partial charge in [-0.05, 0) is 62.5 Å². The molecule has 10 heteroatoms. The molecule has 2 aliphatic rings. The van der Waals surface area contributed by atoms with E-state index in [2.05, 4.69) is 10.3 Å². The highest BCUT2D eigenvalue weighted by molar-refractivity contribution is 5.68. The van der Waals surface area contributed by atoms with Gasteiger partial charge in [-0.2, -0.15) is 0 Å². The summed E-state index contributed by atoms with van der Waals surface area (Å²) in [5.74, 6) is 0.691. The maximum atomic E-state index is 12.5. The molecule has 1 N–H and O–H groups in total. The van der Waals surface area contributed by atoms with Crippen LogP contribution in [0.5, 0.6) is 5.75 Å². The highest BCUT2D eigenvalue weighted by Gasteiger charge is 2.29. The lowest BCUT2D eigenvalue weighted by Gasteiger charge is -2.29. The Morgan fingerprint density at radius 2 is 2.00 bits per heavy atom. The van der Waals surface area contributed by atoms with Gasteiger partial charge in [0.15, 0.2) is 0 Å². The summed E-state index contributed by atoms with van der Waals surface area (Å²) >= 11 is 0. The van der Waals surface area contributed by atoms with Crippen LogP contribution in [0.15, 0.2) is 12.1 Å². The Balaban J connectivity index is 1.41. The van der Waals surface area contributed by atoms with Gasteiger partial charge < -0.3 is 19.5 Å². The number of aliphatic carboxylic acids is 1. The first kappa shape index (κ1) is 24.9. The SMILES string of the molecule is CCc1nc(-c2nnn(C)c2COC(=O)N(C)CC2CCC2)ccc1O[C@@H]1CC[C@@H](CC(=O)O)C1. The van der Waals surface area contributed by atoms with Crippen LogP contribution < -0.4 is 4.74 Å². The van der Waals surface area contributed by atoms with Crippen molar-refractivity contribution in [1.29, 1.82) is 0 Å². The molecular formula is C25H35N5O5. The molecule has 0 unspecified atom stereocenters. The van der Waals surface area contributed by atoms with E-state index in [1.54, 1.807) is 23.7 Å². The average molecular weight is 486 g/mol. The molecule has 0 bridgehead atoms. The van der Waals surface area contributed by atoms with E-state index in [4.69, 9.17) is 19.6 Å². The Kier molecular flexibility index (Phi) is 7.87. The van der Waals surface area contributed by atoms with Crippen molar-refractivity contribution in [3.8, 4) is 17.1 Å². The molecule has 2 atom stereocenters. The number of carbonyl (C=O) groups excluding carboxylic acids is 1. The summed E-state index contributed by atoms with van der Waals surface area (Å²) in [5.41, 5.74) is 2.70. The molecule has 35 heavy (non-hydrogen) atoms. The van der Waals surface area contributed by atoms with Crippen molar-refractivity contribution >= 4 is 12.1 Å². The number of aryl methyl sites for hydroxylation is 2. The van der Waals surface area contributed by atoms with E-state index in [9.17, 15) is 9.59 Å². The number of ether oxygens (including phenoxy) is 2. The highest BCUT2D eigenvalue weighted by Crippen LogP contribution is 2.33. The van der Waals surface area contributed by atoms with E-state index in [1.807, 2.05) is 19.1 Å². The Morgan fingerprint density at radius 1 is 1.20 bits per heavy atom. The zero-order chi connectivity index (χ0) is 24.9. The molecule has 0 radical (unpaired) electrons. The van der Waals surface area contributed by atoms with Crippen LogP contribution >= 0.6 is 0 Å². The highest BCUT2D eigenvalue weighted by atomic mass is 16.6. The number of carboxylic acids is 1. The van der Waals surface area contributed by atoms with Crippen LogP contribution in [0.3, 0.4) is 0 Å². The van der Waals surface area contributed by atoms with Crippen molar-refractivity contribution in [2.75, 3.05) is 13.6 Å². The van der Waals surface area contributed by atoms with Crippen molar-refractivity contribution in [2.45, 2.75) is 71.0 Å². The first-order valence-electron chi connectivity index (χ1n) is 12.5. The van der Waals surface area contributed by atoms with Crippen LogP contribution in [0.1, 0.15) is 63.3 Å². The molecule has 190 valence electrons. The van der Waals surface area contributed by atoms with E-state index in [0.717, 1.165) is 31.5 Å². The minimum atomic E-state index is -0.758. The van der Waals surface area contributed by atoms with Crippen LogP contribution in [0.2, 0.25) is 0 Å². The van der Waals surface area contributed by atoms with Crippen molar-refractivity contribution in [3.63, 3.8) is 0 Å². The van der Waals surface area contributed by atoms with E-state index in [0.29, 0.717) is 35.2 Å². The number of carboxylic acid groups (broad SMARTS) is 1. The lowest BCUT2D eigenvalue weighted by molar-refractivity contribution is -0.138. The van der Waals surface area contributed by atoms with Gasteiger partial charge in [0.05, 0.1) is 17.5 Å². The zero-order valence-corrected chi connectivity index (χ0v) is 20.8. The molecule has 10 nitrogen and oxygen atoms in total. The number of aromatic nitrogens is 4. The summed E-state index contributed by atoms with van der Waals surface area (Å²) in [4.78, 5) is 29.9. The zero-order valence-electron chi connectivity index (χ0n) is 20.8. The third-order valence-electron chi connectivity index (χ3n) is 7.10. The fraction of sp³-hybridized carbons (Fsp3) is 0.640. The smallest absolute Gasteiger partial charge is 0.409 e. The van der Waals surface area contributed by atoms with Crippen LogP contribution in [0.4, 0.5) is 4.79 Å². The number of nitrogens with zero attached hydrogens (tertiary/aromatic N) is 5. The minimum Gasteiger partial charge on any atom is -0.489 e. The van der Waals surface area contributed by atoms with Crippen LogP contribution in [-0.4, -0.2) is 61.7 Å². The standard InChI is InChI=1S/C25H35N5O5/c1-4-19-22(35-18-9-8-17(12-18)13-23(31)32)11-10-20(26-19)24-21(30(3)28-27-24)15-34-25(33)29(2)14-16-6-5-7-16/h10-11,16-18H,4-9,12-15H2,1-3H3,(H,31,32)/t17-,18-/m1/s1. The normalized spacial score (nSPS) is 19.9. The summed E-state index contributed by atoms with van der Waals surface area (Å²) in [6, 6.07) is 3.73. The summed E-state index contributed by atoms with van der Waals surface area (Å²) in [6.45, 7) is 2.79. The van der Waals surface area contributed by atoms with Gasteiger partial charge in [0, 0.05) is 27.1 Å². The molecule has 0 aromatic carbocycles. The Hall–Kier alpha value is -3.17. The average Bonchev–Trinajstić information content (AvgIpc) is 3.40.